The third kappa shape index (κ3) is 5.19. The molecule has 0 saturated heterocycles. The van der Waals surface area contributed by atoms with Crippen molar-refractivity contribution in [3.63, 3.8) is 0 Å². The van der Waals surface area contributed by atoms with Crippen LogP contribution in [0.2, 0.25) is 0 Å². The molecule has 0 atom stereocenters. The Morgan fingerprint density at radius 1 is 1.22 bits per heavy atom. The summed E-state index contributed by atoms with van der Waals surface area (Å²) in [5.41, 5.74) is 0.404. The van der Waals surface area contributed by atoms with Crippen LogP contribution in [0.4, 0.5) is 23.0 Å². The van der Waals surface area contributed by atoms with E-state index < -0.39 is 4.92 Å². The van der Waals surface area contributed by atoms with Crippen LogP contribution in [0, 0.1) is 10.1 Å². The Morgan fingerprint density at radius 3 is 2.70 bits per heavy atom. The summed E-state index contributed by atoms with van der Waals surface area (Å²) < 4.78 is 0. The van der Waals surface area contributed by atoms with Gasteiger partial charge in [-0.05, 0) is 33.1 Å². The van der Waals surface area contributed by atoms with E-state index >= 15 is 0 Å². The van der Waals surface area contributed by atoms with Gasteiger partial charge in [0.05, 0.1) is 4.92 Å². The number of para-hydroxylation sites is 2. The maximum atomic E-state index is 11.0. The van der Waals surface area contributed by atoms with Crippen molar-refractivity contribution in [1.82, 2.24) is 14.9 Å². The van der Waals surface area contributed by atoms with E-state index in [1.54, 1.807) is 24.3 Å². The molecule has 0 spiro atoms. The summed E-state index contributed by atoms with van der Waals surface area (Å²) in [4.78, 5) is 21.0. The molecule has 2 aromatic rings. The molecule has 0 amide bonds. The molecule has 0 saturated carbocycles. The Kier molecular flexibility index (Phi) is 5.81. The first-order valence-electron chi connectivity index (χ1n) is 7.27. The molecule has 2 N–H and O–H groups in total. The number of rotatable bonds is 8. The number of nitro benzene ring substituents is 1. The number of hydrogen-bond acceptors (Lipinski definition) is 7. The van der Waals surface area contributed by atoms with Crippen molar-refractivity contribution in [1.29, 1.82) is 0 Å². The summed E-state index contributed by atoms with van der Waals surface area (Å²) in [5, 5.41) is 17.2. The lowest BCUT2D eigenvalue weighted by Crippen LogP contribution is -2.16. The van der Waals surface area contributed by atoms with E-state index in [2.05, 4.69) is 25.5 Å². The molecule has 1 aromatic heterocycles. The number of benzene rings is 1. The molecule has 1 heterocycles. The zero-order chi connectivity index (χ0) is 16.7. The van der Waals surface area contributed by atoms with E-state index in [9.17, 15) is 10.1 Å². The van der Waals surface area contributed by atoms with Crippen molar-refractivity contribution < 1.29 is 4.92 Å². The van der Waals surface area contributed by atoms with Crippen LogP contribution in [0.15, 0.2) is 36.7 Å². The van der Waals surface area contributed by atoms with E-state index in [0.717, 1.165) is 19.5 Å². The molecule has 0 unspecified atom stereocenters. The van der Waals surface area contributed by atoms with E-state index in [1.807, 2.05) is 14.1 Å². The topological polar surface area (TPSA) is 96.2 Å². The fourth-order valence-electron chi connectivity index (χ4n) is 2.01. The van der Waals surface area contributed by atoms with E-state index in [4.69, 9.17) is 0 Å². The van der Waals surface area contributed by atoms with Crippen molar-refractivity contribution in [3.8, 4) is 0 Å². The first kappa shape index (κ1) is 16.6. The third-order valence-corrected chi connectivity index (χ3v) is 3.12. The van der Waals surface area contributed by atoms with Gasteiger partial charge in [-0.1, -0.05) is 12.1 Å². The van der Waals surface area contributed by atoms with E-state index in [0.29, 0.717) is 17.3 Å². The maximum absolute atomic E-state index is 11.0. The van der Waals surface area contributed by atoms with Crippen LogP contribution in [-0.2, 0) is 0 Å². The molecular weight excluding hydrogens is 296 g/mol. The Labute approximate surface area is 134 Å². The van der Waals surface area contributed by atoms with Crippen LogP contribution in [0.3, 0.4) is 0 Å². The second-order valence-electron chi connectivity index (χ2n) is 5.27. The standard InChI is InChI=1S/C15H20N6O2/c1-20(2)9-5-8-16-14-10-15(18-11-17-14)19-12-6-3-4-7-13(12)21(22)23/h3-4,6-7,10-11H,5,8-9H2,1-2H3,(H2,16,17,18,19). The van der Waals surface area contributed by atoms with Crippen molar-refractivity contribution in [3.05, 3.63) is 46.8 Å². The third-order valence-electron chi connectivity index (χ3n) is 3.12. The zero-order valence-electron chi connectivity index (χ0n) is 13.2. The minimum atomic E-state index is -0.427. The highest BCUT2D eigenvalue weighted by Gasteiger charge is 2.12. The molecule has 0 aliphatic heterocycles. The Balaban J connectivity index is 2.01. The van der Waals surface area contributed by atoms with Gasteiger partial charge in [-0.3, -0.25) is 10.1 Å². The second kappa shape index (κ2) is 8.04. The lowest BCUT2D eigenvalue weighted by molar-refractivity contribution is -0.383. The SMILES string of the molecule is CN(C)CCCNc1cc(Nc2ccccc2[N+](=O)[O-])ncn1. The summed E-state index contributed by atoms with van der Waals surface area (Å²) in [6, 6.07) is 8.18. The smallest absolute Gasteiger partial charge is 0.292 e. The minimum absolute atomic E-state index is 0.00612. The summed E-state index contributed by atoms with van der Waals surface area (Å²) in [5.74, 6) is 1.18. The molecule has 2 rings (SSSR count). The summed E-state index contributed by atoms with van der Waals surface area (Å²) >= 11 is 0. The normalized spacial score (nSPS) is 10.6. The predicted octanol–water partition coefficient (Wildman–Crippen LogP) is 2.49. The van der Waals surface area contributed by atoms with Crippen LogP contribution in [0.5, 0.6) is 0 Å². The highest BCUT2D eigenvalue weighted by Crippen LogP contribution is 2.26. The van der Waals surface area contributed by atoms with Crippen molar-refractivity contribution in [2.45, 2.75) is 6.42 Å². The number of nitro groups is 1. The van der Waals surface area contributed by atoms with Crippen LogP contribution in [0.1, 0.15) is 6.42 Å². The summed E-state index contributed by atoms with van der Waals surface area (Å²) in [6.45, 7) is 1.78. The van der Waals surface area contributed by atoms with Crippen molar-refractivity contribution in [2.75, 3.05) is 37.8 Å². The summed E-state index contributed by atoms with van der Waals surface area (Å²) in [7, 11) is 4.05. The number of nitrogens with one attached hydrogen (secondary N) is 2. The average Bonchev–Trinajstić information content (AvgIpc) is 2.52. The van der Waals surface area contributed by atoms with E-state index in [1.165, 1.54) is 12.4 Å². The first-order valence-corrected chi connectivity index (χ1v) is 7.27. The lowest BCUT2D eigenvalue weighted by atomic mass is 10.2. The lowest BCUT2D eigenvalue weighted by Gasteiger charge is -2.11. The van der Waals surface area contributed by atoms with Crippen molar-refractivity contribution in [2.24, 2.45) is 0 Å². The number of hydrogen-bond donors (Lipinski definition) is 2. The number of nitrogens with zero attached hydrogens (tertiary/aromatic N) is 4. The zero-order valence-corrected chi connectivity index (χ0v) is 13.2. The number of anilines is 3. The van der Waals surface area contributed by atoms with E-state index in [-0.39, 0.29) is 5.69 Å². The molecule has 1 aromatic carbocycles. The van der Waals surface area contributed by atoms with Gasteiger partial charge in [0.25, 0.3) is 5.69 Å². The minimum Gasteiger partial charge on any atom is -0.370 e. The highest BCUT2D eigenvalue weighted by molar-refractivity contribution is 5.68. The molecule has 0 fully saturated rings. The van der Waals surface area contributed by atoms with Crippen molar-refractivity contribution >= 4 is 23.0 Å². The second-order valence-corrected chi connectivity index (χ2v) is 5.27. The van der Waals surface area contributed by atoms with Gasteiger partial charge in [0.1, 0.15) is 23.7 Å². The molecule has 0 aliphatic rings. The average molecular weight is 316 g/mol. The van der Waals surface area contributed by atoms with Gasteiger partial charge in [-0.2, -0.15) is 0 Å². The quantitative estimate of drug-likeness (QED) is 0.439. The van der Waals surface area contributed by atoms with Crippen LogP contribution >= 0.6 is 0 Å². The van der Waals surface area contributed by atoms with Crippen LogP contribution < -0.4 is 10.6 Å². The Hall–Kier alpha value is -2.74. The van der Waals surface area contributed by atoms with Gasteiger partial charge < -0.3 is 15.5 Å². The molecule has 0 aliphatic carbocycles. The number of aromatic nitrogens is 2. The van der Waals surface area contributed by atoms with Gasteiger partial charge in [0, 0.05) is 18.7 Å². The van der Waals surface area contributed by atoms with Gasteiger partial charge in [-0.15, -0.1) is 0 Å². The van der Waals surface area contributed by atoms with Crippen LogP contribution in [-0.4, -0.2) is 47.0 Å². The molecule has 0 bridgehead atoms. The maximum Gasteiger partial charge on any atom is 0.292 e. The van der Waals surface area contributed by atoms with Gasteiger partial charge in [0.2, 0.25) is 0 Å². The highest BCUT2D eigenvalue weighted by atomic mass is 16.6. The van der Waals surface area contributed by atoms with Gasteiger partial charge in [0.15, 0.2) is 0 Å². The molecular formula is C15H20N6O2. The first-order chi connectivity index (χ1) is 11.1. The summed E-state index contributed by atoms with van der Waals surface area (Å²) in [6.07, 6.45) is 2.41. The van der Waals surface area contributed by atoms with Gasteiger partial charge >= 0.3 is 0 Å². The Bertz CT molecular complexity index is 662. The molecule has 23 heavy (non-hydrogen) atoms. The Morgan fingerprint density at radius 2 is 1.96 bits per heavy atom. The molecule has 8 heteroatoms. The largest absolute Gasteiger partial charge is 0.370 e. The fraction of sp³-hybridized carbons (Fsp3) is 0.333. The molecule has 122 valence electrons. The predicted molar refractivity (Wildman–Crippen MR) is 90.1 cm³/mol. The molecule has 8 nitrogen and oxygen atoms in total. The fourth-order valence-corrected chi connectivity index (χ4v) is 2.01. The van der Waals surface area contributed by atoms with Crippen LogP contribution in [0.25, 0.3) is 0 Å². The monoisotopic (exact) mass is 316 g/mol. The molecule has 0 radical (unpaired) electrons. The van der Waals surface area contributed by atoms with Gasteiger partial charge in [-0.25, -0.2) is 9.97 Å².